The van der Waals surface area contributed by atoms with E-state index < -0.39 is 0 Å². The van der Waals surface area contributed by atoms with E-state index in [4.69, 9.17) is 27.9 Å². The molecule has 21 heavy (non-hydrogen) atoms. The van der Waals surface area contributed by atoms with Crippen LogP contribution in [-0.2, 0) is 0 Å². The second-order valence-electron chi connectivity index (χ2n) is 6.84. The van der Waals surface area contributed by atoms with Gasteiger partial charge in [-0.15, -0.1) is 0 Å². The molecule has 1 aliphatic carbocycles. The lowest BCUT2D eigenvalue weighted by atomic mass is 9.69. The molecule has 1 fully saturated rings. The maximum Gasteiger partial charge on any atom is 0.138 e. The molecule has 0 N–H and O–H groups in total. The zero-order valence-corrected chi connectivity index (χ0v) is 14.2. The number of halogens is 2. The van der Waals surface area contributed by atoms with Crippen molar-refractivity contribution in [3.05, 3.63) is 28.2 Å². The molecule has 114 valence electrons. The van der Waals surface area contributed by atoms with Gasteiger partial charge in [-0.25, -0.2) is 0 Å². The Balaban J connectivity index is 2.16. The molecule has 0 amide bonds. The summed E-state index contributed by atoms with van der Waals surface area (Å²) in [6.45, 7) is 6.74. The molecule has 0 saturated heterocycles. The summed E-state index contributed by atoms with van der Waals surface area (Å²) in [6.07, 6.45) is 2.75. The Morgan fingerprint density at radius 2 is 1.95 bits per heavy atom. The SMILES string of the molecule is CC(C)(C)C1CCC(C#N)C(Oc2ccc(Cl)cc2Cl)C1. The molecule has 2 rings (SSSR count). The largest absolute Gasteiger partial charge is 0.487 e. The molecule has 0 heterocycles. The first-order valence-electron chi connectivity index (χ1n) is 7.32. The van der Waals surface area contributed by atoms with E-state index in [0.29, 0.717) is 21.7 Å². The van der Waals surface area contributed by atoms with Gasteiger partial charge in [-0.1, -0.05) is 44.0 Å². The summed E-state index contributed by atoms with van der Waals surface area (Å²) in [4.78, 5) is 0. The van der Waals surface area contributed by atoms with Crippen LogP contribution in [0.15, 0.2) is 18.2 Å². The fourth-order valence-electron chi connectivity index (χ4n) is 2.93. The van der Waals surface area contributed by atoms with Crippen LogP contribution in [0.3, 0.4) is 0 Å². The molecular formula is C17H21Cl2NO. The Bertz CT molecular complexity index is 545. The highest BCUT2D eigenvalue weighted by atomic mass is 35.5. The standard InChI is InChI=1S/C17H21Cl2NO/c1-17(2,3)12-5-4-11(10-20)16(8-12)21-15-7-6-13(18)9-14(15)19/h6-7,9,11-12,16H,4-5,8H2,1-3H3. The maximum absolute atomic E-state index is 9.36. The molecule has 4 heteroatoms. The van der Waals surface area contributed by atoms with Crippen LogP contribution < -0.4 is 4.74 Å². The van der Waals surface area contributed by atoms with Crippen LogP contribution in [0.25, 0.3) is 0 Å². The topological polar surface area (TPSA) is 33.0 Å². The lowest BCUT2D eigenvalue weighted by Crippen LogP contribution is -2.37. The summed E-state index contributed by atoms with van der Waals surface area (Å²) in [5.74, 6) is 1.09. The lowest BCUT2D eigenvalue weighted by Gasteiger charge is -2.39. The van der Waals surface area contributed by atoms with Crippen molar-refractivity contribution in [3.63, 3.8) is 0 Å². The minimum absolute atomic E-state index is 0.0738. The second-order valence-corrected chi connectivity index (χ2v) is 7.69. The van der Waals surface area contributed by atoms with Crippen LogP contribution in [-0.4, -0.2) is 6.10 Å². The number of nitrogens with zero attached hydrogens (tertiary/aromatic N) is 1. The number of ether oxygens (including phenoxy) is 1. The molecule has 1 aliphatic rings. The van der Waals surface area contributed by atoms with E-state index >= 15 is 0 Å². The van der Waals surface area contributed by atoms with E-state index in [2.05, 4.69) is 26.8 Å². The van der Waals surface area contributed by atoms with Crippen molar-refractivity contribution in [3.8, 4) is 11.8 Å². The third-order valence-electron chi connectivity index (χ3n) is 4.35. The number of hydrogen-bond donors (Lipinski definition) is 0. The van der Waals surface area contributed by atoms with Crippen molar-refractivity contribution in [2.75, 3.05) is 0 Å². The van der Waals surface area contributed by atoms with Gasteiger partial charge in [0.05, 0.1) is 17.0 Å². The highest BCUT2D eigenvalue weighted by molar-refractivity contribution is 6.35. The predicted octanol–water partition coefficient (Wildman–Crippen LogP) is 5.73. The first-order valence-corrected chi connectivity index (χ1v) is 8.08. The van der Waals surface area contributed by atoms with Gasteiger partial charge < -0.3 is 4.74 Å². The van der Waals surface area contributed by atoms with Crippen LogP contribution in [0.4, 0.5) is 0 Å². The van der Waals surface area contributed by atoms with Gasteiger partial charge >= 0.3 is 0 Å². The van der Waals surface area contributed by atoms with Crippen LogP contribution in [0.5, 0.6) is 5.75 Å². The van der Waals surface area contributed by atoms with Gasteiger partial charge in [0.25, 0.3) is 0 Å². The first kappa shape index (κ1) is 16.5. The van der Waals surface area contributed by atoms with E-state index in [-0.39, 0.29) is 17.4 Å². The third-order valence-corrected chi connectivity index (χ3v) is 4.89. The molecule has 1 aromatic carbocycles. The smallest absolute Gasteiger partial charge is 0.138 e. The van der Waals surface area contributed by atoms with Crippen LogP contribution >= 0.6 is 23.2 Å². The summed E-state index contributed by atoms with van der Waals surface area (Å²) >= 11 is 12.1. The fourth-order valence-corrected chi connectivity index (χ4v) is 3.38. The highest BCUT2D eigenvalue weighted by Gasteiger charge is 2.37. The van der Waals surface area contributed by atoms with Gasteiger partial charge in [-0.3, -0.25) is 0 Å². The fraction of sp³-hybridized carbons (Fsp3) is 0.588. The Morgan fingerprint density at radius 3 is 2.52 bits per heavy atom. The average molecular weight is 326 g/mol. The zero-order valence-electron chi connectivity index (χ0n) is 12.7. The Morgan fingerprint density at radius 1 is 1.24 bits per heavy atom. The van der Waals surface area contributed by atoms with Crippen molar-refractivity contribution in [1.82, 2.24) is 0 Å². The van der Waals surface area contributed by atoms with Gasteiger partial charge in [0.1, 0.15) is 11.9 Å². The molecule has 0 bridgehead atoms. The molecular weight excluding hydrogens is 305 g/mol. The summed E-state index contributed by atoms with van der Waals surface area (Å²) in [7, 11) is 0. The summed E-state index contributed by atoms with van der Waals surface area (Å²) in [5, 5.41) is 10.4. The van der Waals surface area contributed by atoms with Crippen LogP contribution in [0.2, 0.25) is 10.0 Å². The van der Waals surface area contributed by atoms with Gasteiger partial charge in [0.15, 0.2) is 0 Å². The number of hydrogen-bond acceptors (Lipinski definition) is 2. The number of benzene rings is 1. The maximum atomic E-state index is 9.36. The Kier molecular flexibility index (Phi) is 5.07. The van der Waals surface area contributed by atoms with Crippen molar-refractivity contribution in [1.29, 1.82) is 5.26 Å². The van der Waals surface area contributed by atoms with Crippen molar-refractivity contribution >= 4 is 23.2 Å². The summed E-state index contributed by atoms with van der Waals surface area (Å²) in [5.41, 5.74) is 0.228. The normalized spacial score (nSPS) is 26.2. The van der Waals surface area contributed by atoms with E-state index in [1.165, 1.54) is 0 Å². The van der Waals surface area contributed by atoms with Crippen molar-refractivity contribution < 1.29 is 4.74 Å². The van der Waals surface area contributed by atoms with Gasteiger partial charge in [-0.05, 0) is 48.8 Å². The minimum atomic E-state index is -0.105. The van der Waals surface area contributed by atoms with Gasteiger partial charge in [0, 0.05) is 5.02 Å². The zero-order chi connectivity index (χ0) is 15.6. The molecule has 3 unspecified atom stereocenters. The summed E-state index contributed by atoms with van der Waals surface area (Å²) < 4.78 is 6.06. The molecule has 0 aromatic heterocycles. The quantitative estimate of drug-likeness (QED) is 0.695. The number of nitriles is 1. The van der Waals surface area contributed by atoms with E-state index in [1.54, 1.807) is 18.2 Å². The van der Waals surface area contributed by atoms with E-state index in [1.807, 2.05) is 0 Å². The highest BCUT2D eigenvalue weighted by Crippen LogP contribution is 2.42. The van der Waals surface area contributed by atoms with Crippen molar-refractivity contribution in [2.45, 2.75) is 46.1 Å². The molecule has 1 aromatic rings. The van der Waals surface area contributed by atoms with Gasteiger partial charge in [0.2, 0.25) is 0 Å². The molecule has 0 spiro atoms. The monoisotopic (exact) mass is 325 g/mol. The Labute approximate surface area is 137 Å². The first-order chi connectivity index (χ1) is 9.81. The second kappa shape index (κ2) is 6.46. The molecule has 1 saturated carbocycles. The van der Waals surface area contributed by atoms with Crippen LogP contribution in [0.1, 0.15) is 40.0 Å². The van der Waals surface area contributed by atoms with E-state index in [9.17, 15) is 5.26 Å². The van der Waals surface area contributed by atoms with E-state index in [0.717, 1.165) is 19.3 Å². The number of rotatable bonds is 2. The minimum Gasteiger partial charge on any atom is -0.487 e. The van der Waals surface area contributed by atoms with Gasteiger partial charge in [-0.2, -0.15) is 5.26 Å². The Hall–Kier alpha value is -0.910. The lowest BCUT2D eigenvalue weighted by molar-refractivity contribution is 0.0494. The molecule has 2 nitrogen and oxygen atoms in total. The molecule has 3 atom stereocenters. The van der Waals surface area contributed by atoms with Crippen LogP contribution in [0, 0.1) is 28.6 Å². The molecule has 0 radical (unpaired) electrons. The predicted molar refractivity (Wildman–Crippen MR) is 86.8 cm³/mol. The summed E-state index contributed by atoms with van der Waals surface area (Å²) in [6, 6.07) is 7.59. The molecule has 0 aliphatic heterocycles. The third kappa shape index (κ3) is 4.05. The van der Waals surface area contributed by atoms with Crippen molar-refractivity contribution in [2.24, 2.45) is 17.3 Å². The average Bonchev–Trinajstić information content (AvgIpc) is 2.41.